The Morgan fingerprint density at radius 2 is 1.46 bits per heavy atom. The Bertz CT molecular complexity index is 1060. The van der Waals surface area contributed by atoms with E-state index in [1.165, 1.54) is 0 Å². The monoisotopic (exact) mass is 387 g/mol. The third-order valence-corrected chi connectivity index (χ3v) is 4.65. The number of carbonyl (C=O) groups excluding carboxylic acids is 1. The number of ether oxygens (including phenoxy) is 1. The van der Waals surface area contributed by atoms with Crippen molar-refractivity contribution in [2.45, 2.75) is 4.90 Å². The molecule has 3 rings (SSSR count). The van der Waals surface area contributed by atoms with Crippen LogP contribution < -0.4 is 5.14 Å². The molecule has 0 radical (unpaired) electrons. The number of benzene rings is 2. The molecule has 2 N–H and O–H groups in total. The number of halogens is 4. The summed E-state index contributed by atoms with van der Waals surface area (Å²) in [7, 11) is -4.65. The van der Waals surface area contributed by atoms with Gasteiger partial charge in [0.15, 0.2) is 16.5 Å². The Balaban J connectivity index is 2.22. The standard InChI is InChI=1S/C16H9F4NO4S/c17-10-2-1-7(3-11(10)18)14-9(6-25-16(14)22)8-4-12(19)15(13(20)5-8)26(21,23)24/h1-5H,6H2,(H2,21,23,24). The highest BCUT2D eigenvalue weighted by molar-refractivity contribution is 7.89. The predicted octanol–water partition coefficient (Wildman–Crippen LogP) is 2.36. The van der Waals surface area contributed by atoms with Gasteiger partial charge in [-0.25, -0.2) is 35.9 Å². The van der Waals surface area contributed by atoms with Crippen molar-refractivity contribution < 1.29 is 35.5 Å². The molecule has 0 aromatic heterocycles. The van der Waals surface area contributed by atoms with Crippen molar-refractivity contribution in [2.75, 3.05) is 6.61 Å². The van der Waals surface area contributed by atoms with Gasteiger partial charge in [0.05, 0.1) is 5.57 Å². The number of sulfonamides is 1. The van der Waals surface area contributed by atoms with E-state index in [4.69, 9.17) is 9.88 Å². The highest BCUT2D eigenvalue weighted by Gasteiger charge is 2.30. The molecule has 0 aliphatic carbocycles. The summed E-state index contributed by atoms with van der Waals surface area (Å²) < 4.78 is 81.9. The van der Waals surface area contributed by atoms with Crippen LogP contribution in [0.5, 0.6) is 0 Å². The second kappa shape index (κ2) is 6.22. The van der Waals surface area contributed by atoms with E-state index in [1.54, 1.807) is 0 Å². The predicted molar refractivity (Wildman–Crippen MR) is 81.9 cm³/mol. The molecule has 0 saturated heterocycles. The van der Waals surface area contributed by atoms with Crippen LogP contribution in [0.1, 0.15) is 11.1 Å². The van der Waals surface area contributed by atoms with Crippen LogP contribution >= 0.6 is 0 Å². The summed E-state index contributed by atoms with van der Waals surface area (Å²) in [6.45, 7) is -0.388. The lowest BCUT2D eigenvalue weighted by Crippen LogP contribution is -2.16. The van der Waals surface area contributed by atoms with Gasteiger partial charge in [-0.2, -0.15) is 0 Å². The maximum absolute atomic E-state index is 14.0. The van der Waals surface area contributed by atoms with Crippen molar-refractivity contribution in [2.24, 2.45) is 5.14 Å². The number of hydrogen-bond acceptors (Lipinski definition) is 4. The van der Waals surface area contributed by atoms with Crippen LogP contribution in [0.15, 0.2) is 35.2 Å². The number of esters is 1. The van der Waals surface area contributed by atoms with Crippen molar-refractivity contribution >= 4 is 27.1 Å². The van der Waals surface area contributed by atoms with Crippen LogP contribution in [-0.2, 0) is 19.6 Å². The molecule has 0 spiro atoms. The summed E-state index contributed by atoms with van der Waals surface area (Å²) in [5.41, 5.74) is -0.485. The molecule has 2 aromatic rings. The van der Waals surface area contributed by atoms with E-state index >= 15 is 0 Å². The molecular weight excluding hydrogens is 378 g/mol. The first-order valence-corrected chi connectivity index (χ1v) is 8.52. The van der Waals surface area contributed by atoms with Crippen LogP contribution in [0.4, 0.5) is 17.6 Å². The first kappa shape index (κ1) is 18.1. The zero-order chi connectivity index (χ0) is 19.2. The first-order valence-electron chi connectivity index (χ1n) is 6.97. The highest BCUT2D eigenvalue weighted by Crippen LogP contribution is 2.35. The second-order valence-corrected chi connectivity index (χ2v) is 6.87. The number of cyclic esters (lactones) is 1. The van der Waals surface area contributed by atoms with Gasteiger partial charge in [-0.05, 0) is 35.4 Å². The van der Waals surface area contributed by atoms with Gasteiger partial charge < -0.3 is 4.74 Å². The van der Waals surface area contributed by atoms with Gasteiger partial charge in [0, 0.05) is 5.57 Å². The number of nitrogens with two attached hydrogens (primary N) is 1. The average Bonchev–Trinajstić information content (AvgIpc) is 2.89. The van der Waals surface area contributed by atoms with Gasteiger partial charge in [-0.15, -0.1) is 0 Å². The summed E-state index contributed by atoms with van der Waals surface area (Å²) in [5, 5.41) is 4.76. The van der Waals surface area contributed by atoms with Gasteiger partial charge in [-0.3, -0.25) is 0 Å². The van der Waals surface area contributed by atoms with Crippen LogP contribution in [-0.4, -0.2) is 21.0 Å². The van der Waals surface area contributed by atoms with E-state index in [1.807, 2.05) is 0 Å². The van der Waals surface area contributed by atoms with Gasteiger partial charge in [0.25, 0.3) is 0 Å². The molecule has 2 aromatic carbocycles. The van der Waals surface area contributed by atoms with E-state index in [-0.39, 0.29) is 28.9 Å². The smallest absolute Gasteiger partial charge is 0.339 e. The molecule has 0 amide bonds. The lowest BCUT2D eigenvalue weighted by Gasteiger charge is -2.08. The minimum absolute atomic E-state index is 0.0141. The molecule has 1 aliphatic rings. The first-order chi connectivity index (χ1) is 12.1. The zero-order valence-electron chi connectivity index (χ0n) is 12.7. The quantitative estimate of drug-likeness (QED) is 0.647. The normalized spacial score (nSPS) is 14.7. The Morgan fingerprint density at radius 3 is 2.00 bits per heavy atom. The number of rotatable bonds is 3. The van der Waals surface area contributed by atoms with Gasteiger partial charge in [0.2, 0.25) is 10.0 Å². The highest BCUT2D eigenvalue weighted by atomic mass is 32.2. The fourth-order valence-corrected chi connectivity index (χ4v) is 3.24. The van der Waals surface area contributed by atoms with Gasteiger partial charge >= 0.3 is 5.97 Å². The van der Waals surface area contributed by atoms with Crippen LogP contribution in [0.2, 0.25) is 0 Å². The molecule has 10 heteroatoms. The zero-order valence-corrected chi connectivity index (χ0v) is 13.5. The minimum atomic E-state index is -4.65. The molecule has 0 saturated carbocycles. The maximum Gasteiger partial charge on any atom is 0.339 e. The molecule has 136 valence electrons. The summed E-state index contributed by atoms with van der Waals surface area (Å²) in [6, 6.07) is 3.96. The molecule has 0 unspecified atom stereocenters. The molecule has 1 aliphatic heterocycles. The molecule has 0 atom stereocenters. The fraction of sp³-hybridized carbons (Fsp3) is 0.0625. The van der Waals surface area contributed by atoms with Crippen molar-refractivity contribution in [3.05, 3.63) is 64.7 Å². The third kappa shape index (κ3) is 3.08. The minimum Gasteiger partial charge on any atom is -0.457 e. The molecule has 0 fully saturated rings. The number of carbonyl (C=O) groups is 1. The second-order valence-electron chi connectivity index (χ2n) is 5.37. The topological polar surface area (TPSA) is 86.5 Å². The largest absolute Gasteiger partial charge is 0.457 e. The molecule has 5 nitrogen and oxygen atoms in total. The summed E-state index contributed by atoms with van der Waals surface area (Å²) in [5.74, 6) is -6.19. The summed E-state index contributed by atoms with van der Waals surface area (Å²) in [4.78, 5) is 10.6. The molecular formula is C16H9F4NO4S. The van der Waals surface area contributed by atoms with E-state index in [0.717, 1.165) is 18.2 Å². The number of hydrogen-bond donors (Lipinski definition) is 1. The maximum atomic E-state index is 14.0. The Labute approximate surface area is 144 Å². The average molecular weight is 387 g/mol. The van der Waals surface area contributed by atoms with Crippen molar-refractivity contribution in [3.63, 3.8) is 0 Å². The molecule has 26 heavy (non-hydrogen) atoms. The van der Waals surface area contributed by atoms with E-state index in [9.17, 15) is 30.8 Å². The van der Waals surface area contributed by atoms with Crippen molar-refractivity contribution in [1.29, 1.82) is 0 Å². The van der Waals surface area contributed by atoms with Crippen molar-refractivity contribution in [3.8, 4) is 0 Å². The van der Waals surface area contributed by atoms with Gasteiger partial charge in [-0.1, -0.05) is 6.07 Å². The van der Waals surface area contributed by atoms with E-state index < -0.39 is 44.2 Å². The van der Waals surface area contributed by atoms with Gasteiger partial charge in [0.1, 0.15) is 18.2 Å². The summed E-state index contributed by atoms with van der Waals surface area (Å²) >= 11 is 0. The molecule has 0 bridgehead atoms. The molecule has 1 heterocycles. The fourth-order valence-electron chi connectivity index (χ4n) is 2.58. The van der Waals surface area contributed by atoms with Crippen LogP contribution in [0.25, 0.3) is 11.1 Å². The van der Waals surface area contributed by atoms with E-state index in [2.05, 4.69) is 0 Å². The van der Waals surface area contributed by atoms with Crippen LogP contribution in [0.3, 0.4) is 0 Å². The summed E-state index contributed by atoms with van der Waals surface area (Å²) in [6.07, 6.45) is 0. The Hall–Kier alpha value is -2.72. The Morgan fingerprint density at radius 1 is 0.885 bits per heavy atom. The lowest BCUT2D eigenvalue weighted by atomic mass is 9.96. The van der Waals surface area contributed by atoms with Crippen molar-refractivity contribution in [1.82, 2.24) is 0 Å². The Kier molecular flexibility index (Phi) is 4.32. The lowest BCUT2D eigenvalue weighted by molar-refractivity contribution is -0.133. The third-order valence-electron chi connectivity index (χ3n) is 3.69. The SMILES string of the molecule is NS(=O)(=O)c1c(F)cc(C2=C(c3ccc(F)c(F)c3)C(=O)OC2)cc1F. The number of primary sulfonamides is 1. The van der Waals surface area contributed by atoms with Crippen LogP contribution in [0, 0.1) is 23.3 Å². The van der Waals surface area contributed by atoms with E-state index in [0.29, 0.717) is 12.1 Å².